The Morgan fingerprint density at radius 1 is 1.16 bits per heavy atom. The maximum atomic E-state index is 14.1. The molecular weight excluding hydrogens is 401 g/mol. The number of carboxylic acid groups (broad SMARTS) is 1. The number of pyridine rings is 1. The van der Waals surface area contributed by atoms with Crippen LogP contribution >= 0.6 is 0 Å². The molecule has 1 N–H and O–H groups in total. The van der Waals surface area contributed by atoms with Crippen LogP contribution in [-0.2, 0) is 22.6 Å². The molecule has 0 fully saturated rings. The molecule has 164 valence electrons. The molecule has 0 aliphatic heterocycles. The summed E-state index contributed by atoms with van der Waals surface area (Å²) in [6.07, 6.45) is 0.864. The van der Waals surface area contributed by atoms with Gasteiger partial charge in [-0.15, -0.1) is 0 Å². The number of rotatable bonds is 10. The molecule has 0 amide bonds. The van der Waals surface area contributed by atoms with E-state index in [1.54, 1.807) is 37.4 Å². The summed E-state index contributed by atoms with van der Waals surface area (Å²) < 4.78 is 31.2. The lowest BCUT2D eigenvalue weighted by Gasteiger charge is -2.17. The van der Waals surface area contributed by atoms with Gasteiger partial charge in [-0.2, -0.15) is 0 Å². The molecule has 1 unspecified atom stereocenters. The van der Waals surface area contributed by atoms with Gasteiger partial charge in [0.05, 0.1) is 11.7 Å². The van der Waals surface area contributed by atoms with Gasteiger partial charge in [-0.3, -0.25) is 4.98 Å². The second-order valence-electron chi connectivity index (χ2n) is 7.33. The van der Waals surface area contributed by atoms with Gasteiger partial charge in [-0.1, -0.05) is 18.2 Å². The number of aromatic nitrogens is 1. The smallest absolute Gasteiger partial charge is 0.333 e. The topological polar surface area (TPSA) is 77.9 Å². The number of hydrogen-bond donors (Lipinski definition) is 1. The van der Waals surface area contributed by atoms with Crippen LogP contribution in [0.3, 0.4) is 0 Å². The first-order valence-electron chi connectivity index (χ1n) is 10.2. The number of hydrogen-bond acceptors (Lipinski definition) is 5. The van der Waals surface area contributed by atoms with Gasteiger partial charge in [0.1, 0.15) is 29.4 Å². The van der Waals surface area contributed by atoms with Crippen LogP contribution in [0.1, 0.15) is 31.9 Å². The van der Waals surface area contributed by atoms with Crippen LogP contribution in [0.5, 0.6) is 11.5 Å². The fourth-order valence-electron chi connectivity index (χ4n) is 3.20. The van der Waals surface area contributed by atoms with Crippen molar-refractivity contribution in [3.05, 3.63) is 65.6 Å². The molecule has 0 saturated carbocycles. The lowest BCUT2D eigenvalue weighted by Crippen LogP contribution is -2.26. The third-order valence-electron chi connectivity index (χ3n) is 4.61. The average Bonchev–Trinajstić information content (AvgIpc) is 2.74. The number of carbonyl (C=O) groups is 1. The third kappa shape index (κ3) is 5.70. The molecule has 1 heterocycles. The zero-order valence-corrected chi connectivity index (χ0v) is 17.8. The van der Waals surface area contributed by atoms with Gasteiger partial charge in [-0.25, -0.2) is 9.18 Å². The number of para-hydroxylation sites is 1. The summed E-state index contributed by atoms with van der Waals surface area (Å²) in [6.45, 7) is 6.10. The molecule has 7 heteroatoms. The van der Waals surface area contributed by atoms with Gasteiger partial charge < -0.3 is 19.3 Å². The summed E-state index contributed by atoms with van der Waals surface area (Å²) >= 11 is 0. The van der Waals surface area contributed by atoms with Crippen molar-refractivity contribution in [3.8, 4) is 11.5 Å². The van der Waals surface area contributed by atoms with E-state index < -0.39 is 17.9 Å². The highest BCUT2D eigenvalue weighted by molar-refractivity contribution is 5.86. The summed E-state index contributed by atoms with van der Waals surface area (Å²) in [5.74, 6) is -0.222. The van der Waals surface area contributed by atoms with E-state index in [-0.39, 0.29) is 24.6 Å². The zero-order chi connectivity index (χ0) is 22.4. The Hall–Kier alpha value is -3.19. The minimum absolute atomic E-state index is 0.0978. The van der Waals surface area contributed by atoms with E-state index in [0.717, 1.165) is 5.56 Å². The molecule has 0 aliphatic carbocycles. The second-order valence-corrected chi connectivity index (χ2v) is 7.33. The minimum atomic E-state index is -0.986. The van der Waals surface area contributed by atoms with Crippen molar-refractivity contribution in [2.45, 2.75) is 46.0 Å². The van der Waals surface area contributed by atoms with Crippen molar-refractivity contribution in [2.75, 3.05) is 6.61 Å². The van der Waals surface area contributed by atoms with Crippen molar-refractivity contribution < 1.29 is 28.5 Å². The minimum Gasteiger partial charge on any atom is -0.490 e. The van der Waals surface area contributed by atoms with Crippen LogP contribution in [0.15, 0.2) is 48.7 Å². The highest BCUT2D eigenvalue weighted by atomic mass is 19.1. The fourth-order valence-corrected chi connectivity index (χ4v) is 3.20. The summed E-state index contributed by atoms with van der Waals surface area (Å²) in [4.78, 5) is 15.5. The Kier molecular flexibility index (Phi) is 7.41. The van der Waals surface area contributed by atoms with E-state index in [2.05, 4.69) is 4.98 Å². The first kappa shape index (κ1) is 22.5. The SMILES string of the molecule is CCOC(Cc1ccc(OCc2cnc3c(F)cccc3c2OC(C)C)cc1)C(=O)O. The van der Waals surface area contributed by atoms with Gasteiger partial charge in [0.15, 0.2) is 6.10 Å². The Balaban J connectivity index is 1.75. The van der Waals surface area contributed by atoms with Crippen molar-refractivity contribution in [2.24, 2.45) is 0 Å². The molecule has 0 saturated heterocycles. The first-order valence-corrected chi connectivity index (χ1v) is 10.2. The van der Waals surface area contributed by atoms with Crippen molar-refractivity contribution >= 4 is 16.9 Å². The number of benzene rings is 2. The zero-order valence-electron chi connectivity index (χ0n) is 17.8. The van der Waals surface area contributed by atoms with E-state index in [9.17, 15) is 14.3 Å². The molecule has 31 heavy (non-hydrogen) atoms. The van der Waals surface area contributed by atoms with E-state index in [4.69, 9.17) is 14.2 Å². The predicted molar refractivity (Wildman–Crippen MR) is 115 cm³/mol. The van der Waals surface area contributed by atoms with Gasteiger partial charge >= 0.3 is 5.97 Å². The van der Waals surface area contributed by atoms with Gasteiger partial charge in [0.2, 0.25) is 0 Å². The molecule has 2 aromatic carbocycles. The normalized spacial score (nSPS) is 12.2. The van der Waals surface area contributed by atoms with E-state index in [0.29, 0.717) is 29.1 Å². The van der Waals surface area contributed by atoms with E-state index >= 15 is 0 Å². The molecule has 1 atom stereocenters. The lowest BCUT2D eigenvalue weighted by atomic mass is 10.1. The van der Waals surface area contributed by atoms with Crippen molar-refractivity contribution in [3.63, 3.8) is 0 Å². The number of nitrogens with zero attached hydrogens (tertiary/aromatic N) is 1. The van der Waals surface area contributed by atoms with Gasteiger partial charge in [0, 0.05) is 24.6 Å². The Labute approximate surface area is 180 Å². The summed E-state index contributed by atoms with van der Waals surface area (Å²) in [7, 11) is 0. The third-order valence-corrected chi connectivity index (χ3v) is 4.61. The number of ether oxygens (including phenoxy) is 3. The van der Waals surface area contributed by atoms with Gasteiger partial charge in [-0.05, 0) is 50.6 Å². The molecule has 6 nitrogen and oxygen atoms in total. The maximum Gasteiger partial charge on any atom is 0.333 e. The standard InChI is InChI=1S/C24H26FNO5/c1-4-29-21(24(27)28)12-16-8-10-18(11-9-16)30-14-17-13-26-22-19(6-5-7-20(22)25)23(17)31-15(2)3/h5-11,13,15,21H,4,12,14H2,1-3H3,(H,27,28). The average molecular weight is 427 g/mol. The van der Waals surface area contributed by atoms with Gasteiger partial charge in [0.25, 0.3) is 0 Å². The number of aliphatic carboxylic acids is 1. The van der Waals surface area contributed by atoms with Crippen molar-refractivity contribution in [1.82, 2.24) is 4.98 Å². The summed E-state index contributed by atoms with van der Waals surface area (Å²) in [5, 5.41) is 9.82. The monoisotopic (exact) mass is 427 g/mol. The number of fused-ring (bicyclic) bond motifs is 1. The van der Waals surface area contributed by atoms with E-state index in [1.807, 2.05) is 26.0 Å². The molecule has 0 radical (unpaired) electrons. The highest BCUT2D eigenvalue weighted by Gasteiger charge is 2.18. The largest absolute Gasteiger partial charge is 0.490 e. The number of halogens is 1. The van der Waals surface area contributed by atoms with Crippen LogP contribution in [0.2, 0.25) is 0 Å². The fraction of sp³-hybridized carbons (Fsp3) is 0.333. The molecule has 3 rings (SSSR count). The first-order chi connectivity index (χ1) is 14.9. The Bertz CT molecular complexity index is 1040. The molecule has 0 bridgehead atoms. The molecule has 0 spiro atoms. The molecular formula is C24H26FNO5. The predicted octanol–water partition coefficient (Wildman–Crippen LogP) is 4.77. The van der Waals surface area contributed by atoms with E-state index in [1.165, 1.54) is 6.07 Å². The molecule has 0 aliphatic rings. The van der Waals surface area contributed by atoms with Crippen molar-refractivity contribution in [1.29, 1.82) is 0 Å². The maximum absolute atomic E-state index is 14.1. The summed E-state index contributed by atoms with van der Waals surface area (Å²) in [6, 6.07) is 11.9. The Morgan fingerprint density at radius 3 is 2.55 bits per heavy atom. The molecule has 3 aromatic rings. The van der Waals surface area contributed by atoms with Crippen LogP contribution in [0.4, 0.5) is 4.39 Å². The lowest BCUT2D eigenvalue weighted by molar-refractivity contribution is -0.149. The number of carboxylic acids is 1. The quantitative estimate of drug-likeness (QED) is 0.502. The van der Waals surface area contributed by atoms with Crippen LogP contribution < -0.4 is 9.47 Å². The van der Waals surface area contributed by atoms with Crippen LogP contribution in [0, 0.1) is 5.82 Å². The second kappa shape index (κ2) is 10.2. The van der Waals surface area contributed by atoms with Crippen LogP contribution in [-0.4, -0.2) is 34.9 Å². The van der Waals surface area contributed by atoms with Crippen LogP contribution in [0.25, 0.3) is 10.9 Å². The Morgan fingerprint density at radius 2 is 1.90 bits per heavy atom. The summed E-state index contributed by atoms with van der Waals surface area (Å²) in [5.41, 5.74) is 1.80. The highest BCUT2D eigenvalue weighted by Crippen LogP contribution is 2.31. The molecule has 1 aromatic heterocycles.